The normalized spacial score (nSPS) is 11.9. The number of carbonyl (C=O) groups is 2. The summed E-state index contributed by atoms with van der Waals surface area (Å²) in [5.74, 6) is -0.326. The van der Waals surface area contributed by atoms with E-state index < -0.39 is 0 Å². The first kappa shape index (κ1) is 20.7. The van der Waals surface area contributed by atoms with E-state index in [1.807, 2.05) is 32.0 Å². The summed E-state index contributed by atoms with van der Waals surface area (Å²) in [5, 5.41) is 12.0. The van der Waals surface area contributed by atoms with Crippen LogP contribution in [0.4, 0.5) is 16.2 Å². The van der Waals surface area contributed by atoms with Crippen LogP contribution in [-0.4, -0.2) is 49.0 Å². The van der Waals surface area contributed by atoms with Gasteiger partial charge in [0.25, 0.3) is 5.91 Å². The molecule has 27 heavy (non-hydrogen) atoms. The van der Waals surface area contributed by atoms with Crippen LogP contribution in [-0.2, 0) is 0 Å². The number of nitrogens with zero attached hydrogens (tertiary/aromatic N) is 2. The molecule has 0 spiro atoms. The zero-order valence-electron chi connectivity index (χ0n) is 15.8. The molecule has 1 unspecified atom stereocenters. The molecule has 0 saturated heterocycles. The Kier molecular flexibility index (Phi) is 7.56. The number of rotatable bonds is 8. The second-order valence-electron chi connectivity index (χ2n) is 6.32. The van der Waals surface area contributed by atoms with Gasteiger partial charge in [-0.1, -0.05) is 6.07 Å². The molecule has 1 atom stereocenters. The molecule has 2 aromatic heterocycles. The molecule has 0 aliphatic heterocycles. The van der Waals surface area contributed by atoms with Crippen LogP contribution >= 0.6 is 11.3 Å². The topological polar surface area (TPSA) is 112 Å². The zero-order chi connectivity index (χ0) is 19.8. The van der Waals surface area contributed by atoms with E-state index in [4.69, 9.17) is 5.73 Å². The summed E-state index contributed by atoms with van der Waals surface area (Å²) in [4.78, 5) is 30.5. The van der Waals surface area contributed by atoms with Crippen molar-refractivity contribution in [2.45, 2.75) is 19.4 Å². The van der Waals surface area contributed by atoms with Gasteiger partial charge in [0.1, 0.15) is 5.69 Å². The van der Waals surface area contributed by atoms with Crippen LogP contribution in [0.2, 0.25) is 0 Å². The van der Waals surface area contributed by atoms with E-state index in [1.165, 1.54) is 11.3 Å². The summed E-state index contributed by atoms with van der Waals surface area (Å²) in [5.41, 5.74) is 8.02. The minimum absolute atomic E-state index is 0.198. The molecule has 8 nitrogen and oxygen atoms in total. The first-order chi connectivity index (χ1) is 12.9. The summed E-state index contributed by atoms with van der Waals surface area (Å²) >= 11 is 1.42. The second kappa shape index (κ2) is 9.89. The van der Waals surface area contributed by atoms with E-state index in [0.717, 1.165) is 18.5 Å². The maximum Gasteiger partial charge on any atom is 0.315 e. The largest absolute Gasteiger partial charge is 0.396 e. The van der Waals surface area contributed by atoms with Gasteiger partial charge in [-0.3, -0.25) is 9.78 Å². The molecule has 146 valence electrons. The molecule has 2 heterocycles. The van der Waals surface area contributed by atoms with E-state index >= 15 is 0 Å². The lowest BCUT2D eigenvalue weighted by Gasteiger charge is -2.21. The van der Waals surface area contributed by atoms with Crippen LogP contribution in [0.1, 0.15) is 35.4 Å². The fourth-order valence-corrected chi connectivity index (χ4v) is 3.09. The van der Waals surface area contributed by atoms with Crippen LogP contribution in [0.15, 0.2) is 29.1 Å². The average Bonchev–Trinajstić information content (AvgIpc) is 3.03. The van der Waals surface area contributed by atoms with Gasteiger partial charge in [0, 0.05) is 23.5 Å². The Balaban J connectivity index is 2.09. The van der Waals surface area contributed by atoms with Gasteiger partial charge in [0.05, 0.1) is 17.4 Å². The number of carbonyl (C=O) groups excluding carboxylic acids is 2. The SMILES string of the molecule is CCNC(=O)NC(CCN(C)C)c1ccc(C(=O)Nc2cscc2N)nc1. The van der Waals surface area contributed by atoms with Crippen molar-refractivity contribution in [1.29, 1.82) is 0 Å². The number of nitrogens with one attached hydrogen (secondary N) is 3. The molecule has 2 aromatic rings. The molecule has 0 aromatic carbocycles. The Morgan fingerprint density at radius 2 is 2.07 bits per heavy atom. The minimum Gasteiger partial charge on any atom is -0.396 e. The van der Waals surface area contributed by atoms with Gasteiger partial charge >= 0.3 is 6.03 Å². The predicted octanol–water partition coefficient (Wildman–Crippen LogP) is 2.29. The van der Waals surface area contributed by atoms with Crippen molar-refractivity contribution < 1.29 is 9.59 Å². The maximum absolute atomic E-state index is 12.3. The summed E-state index contributed by atoms with van der Waals surface area (Å²) in [6, 6.07) is 3.04. The highest BCUT2D eigenvalue weighted by molar-refractivity contribution is 7.09. The number of thiophene rings is 1. The molecule has 0 aliphatic carbocycles. The van der Waals surface area contributed by atoms with Crippen molar-refractivity contribution >= 4 is 34.6 Å². The number of urea groups is 1. The second-order valence-corrected chi connectivity index (χ2v) is 7.06. The van der Waals surface area contributed by atoms with Crippen molar-refractivity contribution in [2.24, 2.45) is 0 Å². The molecule has 0 bridgehead atoms. The van der Waals surface area contributed by atoms with E-state index in [9.17, 15) is 9.59 Å². The lowest BCUT2D eigenvalue weighted by Crippen LogP contribution is -2.38. The van der Waals surface area contributed by atoms with Crippen LogP contribution in [0, 0.1) is 0 Å². The van der Waals surface area contributed by atoms with Gasteiger partial charge in [0.2, 0.25) is 0 Å². The number of nitrogens with two attached hydrogens (primary N) is 1. The highest BCUT2D eigenvalue weighted by Gasteiger charge is 2.17. The molecule has 5 N–H and O–H groups in total. The van der Waals surface area contributed by atoms with Crippen molar-refractivity contribution in [3.8, 4) is 0 Å². The van der Waals surface area contributed by atoms with E-state index in [2.05, 4.69) is 20.9 Å². The Morgan fingerprint density at radius 3 is 2.63 bits per heavy atom. The third kappa shape index (κ3) is 6.22. The van der Waals surface area contributed by atoms with Crippen molar-refractivity contribution in [3.63, 3.8) is 0 Å². The molecular formula is C18H26N6O2S. The molecule has 0 fully saturated rings. The molecule has 0 aliphatic rings. The van der Waals surface area contributed by atoms with Crippen LogP contribution in [0.5, 0.6) is 0 Å². The fraction of sp³-hybridized carbons (Fsp3) is 0.389. The monoisotopic (exact) mass is 390 g/mol. The van der Waals surface area contributed by atoms with Gasteiger partial charge in [-0.2, -0.15) is 0 Å². The molecule has 3 amide bonds. The summed E-state index contributed by atoms with van der Waals surface area (Å²) in [6.45, 7) is 3.22. The van der Waals surface area contributed by atoms with Gasteiger partial charge in [-0.25, -0.2) is 4.79 Å². The van der Waals surface area contributed by atoms with Gasteiger partial charge < -0.3 is 26.6 Å². The Bertz CT molecular complexity index is 759. The number of anilines is 2. The Hall–Kier alpha value is -2.65. The summed E-state index contributed by atoms with van der Waals surface area (Å²) in [6.07, 6.45) is 2.35. The Labute approximate surface area is 163 Å². The van der Waals surface area contributed by atoms with E-state index in [-0.39, 0.29) is 23.7 Å². The number of hydrogen-bond donors (Lipinski definition) is 4. The van der Waals surface area contributed by atoms with Gasteiger partial charge in [-0.05, 0) is 45.6 Å². The third-order valence-corrected chi connectivity index (χ3v) is 4.63. The minimum atomic E-state index is -0.326. The average molecular weight is 391 g/mol. The lowest BCUT2D eigenvalue weighted by molar-refractivity contribution is 0.102. The molecule has 0 radical (unpaired) electrons. The Morgan fingerprint density at radius 1 is 1.30 bits per heavy atom. The third-order valence-electron chi connectivity index (χ3n) is 3.87. The lowest BCUT2D eigenvalue weighted by atomic mass is 10.1. The first-order valence-electron chi connectivity index (χ1n) is 8.68. The number of amides is 3. The summed E-state index contributed by atoms with van der Waals surface area (Å²) < 4.78 is 0. The van der Waals surface area contributed by atoms with Crippen molar-refractivity contribution in [2.75, 3.05) is 38.2 Å². The zero-order valence-corrected chi connectivity index (χ0v) is 16.6. The summed E-state index contributed by atoms with van der Waals surface area (Å²) in [7, 11) is 3.95. The number of pyridine rings is 1. The number of hydrogen-bond acceptors (Lipinski definition) is 6. The molecule has 0 saturated carbocycles. The van der Waals surface area contributed by atoms with Crippen LogP contribution in [0.3, 0.4) is 0 Å². The first-order valence-corrected chi connectivity index (χ1v) is 9.63. The van der Waals surface area contributed by atoms with Gasteiger partial charge in [-0.15, -0.1) is 11.3 Å². The van der Waals surface area contributed by atoms with Crippen molar-refractivity contribution in [1.82, 2.24) is 20.5 Å². The predicted molar refractivity (Wildman–Crippen MR) is 109 cm³/mol. The smallest absolute Gasteiger partial charge is 0.315 e. The highest BCUT2D eigenvalue weighted by Crippen LogP contribution is 2.23. The standard InChI is InChI=1S/C18H26N6O2S/c1-4-20-18(26)23-14(7-8-24(2)3)12-5-6-15(21-9-12)17(25)22-16-11-27-10-13(16)19/h5-6,9-11,14H,4,7-8,19H2,1-3H3,(H,22,25)(H2,20,23,26). The number of aromatic nitrogens is 1. The highest BCUT2D eigenvalue weighted by atomic mass is 32.1. The van der Waals surface area contributed by atoms with E-state index in [0.29, 0.717) is 17.9 Å². The molecule has 9 heteroatoms. The molecular weight excluding hydrogens is 364 g/mol. The maximum atomic E-state index is 12.3. The molecule has 2 rings (SSSR count). The van der Waals surface area contributed by atoms with E-state index in [1.54, 1.807) is 23.0 Å². The van der Waals surface area contributed by atoms with Crippen LogP contribution < -0.4 is 21.7 Å². The fourth-order valence-electron chi connectivity index (χ4n) is 2.42. The quantitative estimate of drug-likeness (QED) is 0.552. The van der Waals surface area contributed by atoms with Crippen LogP contribution in [0.25, 0.3) is 0 Å². The van der Waals surface area contributed by atoms with Gasteiger partial charge in [0.15, 0.2) is 0 Å². The van der Waals surface area contributed by atoms with Crippen molar-refractivity contribution in [3.05, 3.63) is 40.3 Å². The number of nitrogen functional groups attached to an aromatic ring is 1.